The summed E-state index contributed by atoms with van der Waals surface area (Å²) in [6.07, 6.45) is 10.9. The van der Waals surface area contributed by atoms with E-state index in [1.165, 1.54) is 6.33 Å². The zero-order chi connectivity index (χ0) is 22.1. The number of allylic oxidation sites excluding steroid dienone is 4. The van der Waals surface area contributed by atoms with Crippen LogP contribution in [0.25, 0.3) is 16.7 Å². The summed E-state index contributed by atoms with van der Waals surface area (Å²) in [5.74, 6) is -0.238. The second kappa shape index (κ2) is 8.26. The lowest BCUT2D eigenvalue weighted by molar-refractivity contribution is -0.495. The highest BCUT2D eigenvalue weighted by molar-refractivity contribution is 6.11. The lowest BCUT2D eigenvalue weighted by Crippen LogP contribution is -2.13. The molecule has 7 heteroatoms. The zero-order valence-electron chi connectivity index (χ0n) is 17.8. The Morgan fingerprint density at radius 2 is 1.88 bits per heavy atom. The van der Waals surface area contributed by atoms with Crippen LogP contribution in [0.3, 0.4) is 0 Å². The SMILES string of the molecule is Cc1cc(-c2ccc(CNc3ncnc(C4=CC5C=[N+](C)N=C5C=C4)c3F)cc2)ccn1. The van der Waals surface area contributed by atoms with Crippen LogP contribution in [0, 0.1) is 18.7 Å². The number of hydrazone groups is 1. The molecule has 1 unspecified atom stereocenters. The summed E-state index contributed by atoms with van der Waals surface area (Å²) in [7, 11) is 1.88. The molecule has 2 aromatic heterocycles. The van der Waals surface area contributed by atoms with E-state index in [1.807, 2.05) is 62.8 Å². The number of benzene rings is 1. The third kappa shape index (κ3) is 3.97. The van der Waals surface area contributed by atoms with Gasteiger partial charge in [0, 0.05) is 24.0 Å². The quantitative estimate of drug-likeness (QED) is 0.621. The molecule has 0 radical (unpaired) electrons. The highest BCUT2D eigenvalue weighted by Gasteiger charge is 2.27. The summed E-state index contributed by atoms with van der Waals surface area (Å²) in [5.41, 5.74) is 6.19. The lowest BCUT2D eigenvalue weighted by Gasteiger charge is -2.12. The van der Waals surface area contributed by atoms with Gasteiger partial charge in [0.15, 0.2) is 24.9 Å². The van der Waals surface area contributed by atoms with Crippen LogP contribution in [0.1, 0.15) is 17.0 Å². The topological polar surface area (TPSA) is 66.1 Å². The molecule has 3 aromatic rings. The van der Waals surface area contributed by atoms with Crippen LogP contribution in [0.5, 0.6) is 0 Å². The number of halogens is 1. The molecule has 5 rings (SSSR count). The number of aromatic nitrogens is 3. The molecule has 0 fully saturated rings. The van der Waals surface area contributed by atoms with Crippen molar-refractivity contribution in [3.63, 3.8) is 0 Å². The third-order valence-electron chi connectivity index (χ3n) is 5.49. The summed E-state index contributed by atoms with van der Waals surface area (Å²) >= 11 is 0. The number of anilines is 1. The molecule has 1 N–H and O–H groups in total. The van der Waals surface area contributed by atoms with Crippen LogP contribution in [0.2, 0.25) is 0 Å². The van der Waals surface area contributed by atoms with E-state index in [4.69, 9.17) is 0 Å². The van der Waals surface area contributed by atoms with Crippen LogP contribution in [-0.4, -0.2) is 38.6 Å². The van der Waals surface area contributed by atoms with Crippen molar-refractivity contribution in [1.29, 1.82) is 0 Å². The Bertz CT molecular complexity index is 1300. The van der Waals surface area contributed by atoms with Crippen LogP contribution in [0.15, 0.2) is 72.3 Å². The number of nitrogens with zero attached hydrogens (tertiary/aromatic N) is 5. The van der Waals surface area contributed by atoms with Gasteiger partial charge >= 0.3 is 0 Å². The number of aryl methyl sites for hydroxylation is 1. The van der Waals surface area contributed by atoms with E-state index in [0.717, 1.165) is 33.7 Å². The average molecular weight is 425 g/mol. The van der Waals surface area contributed by atoms with Crippen molar-refractivity contribution >= 4 is 23.3 Å². The molecular formula is C25H22FN6+. The fourth-order valence-corrected chi connectivity index (χ4v) is 3.87. The van der Waals surface area contributed by atoms with Crippen molar-refractivity contribution in [3.8, 4) is 11.1 Å². The molecule has 1 aliphatic carbocycles. The van der Waals surface area contributed by atoms with Gasteiger partial charge in [-0.1, -0.05) is 41.1 Å². The van der Waals surface area contributed by atoms with Gasteiger partial charge in [0.05, 0.1) is 0 Å². The molecule has 32 heavy (non-hydrogen) atoms. The van der Waals surface area contributed by atoms with Crippen LogP contribution in [-0.2, 0) is 6.54 Å². The van der Waals surface area contributed by atoms with Gasteiger partial charge in [-0.25, -0.2) is 14.4 Å². The molecule has 3 heterocycles. The first-order valence-corrected chi connectivity index (χ1v) is 10.4. The van der Waals surface area contributed by atoms with Gasteiger partial charge < -0.3 is 5.32 Å². The van der Waals surface area contributed by atoms with E-state index in [2.05, 4.69) is 43.6 Å². The van der Waals surface area contributed by atoms with E-state index in [0.29, 0.717) is 6.54 Å². The molecule has 0 saturated carbocycles. The maximum atomic E-state index is 15.2. The first-order valence-electron chi connectivity index (χ1n) is 10.4. The minimum absolute atomic E-state index is 0.0356. The van der Waals surface area contributed by atoms with E-state index >= 15 is 4.39 Å². The Labute approximate surface area is 185 Å². The summed E-state index contributed by atoms with van der Waals surface area (Å²) in [6, 6.07) is 12.2. The van der Waals surface area contributed by atoms with Gasteiger partial charge in [-0.15, -0.1) is 0 Å². The minimum atomic E-state index is -0.459. The van der Waals surface area contributed by atoms with Crippen LogP contribution < -0.4 is 5.32 Å². The molecule has 6 nitrogen and oxygen atoms in total. The van der Waals surface area contributed by atoms with Crippen molar-refractivity contribution in [2.75, 3.05) is 12.4 Å². The van der Waals surface area contributed by atoms with E-state index in [1.54, 1.807) is 4.68 Å². The minimum Gasteiger partial charge on any atom is -0.363 e. The normalized spacial score (nSPS) is 16.8. The number of hydrogen-bond acceptors (Lipinski definition) is 5. The third-order valence-corrected chi connectivity index (χ3v) is 5.49. The molecule has 1 atom stereocenters. The smallest absolute Gasteiger partial charge is 0.191 e. The first kappa shape index (κ1) is 19.9. The maximum Gasteiger partial charge on any atom is 0.191 e. The average Bonchev–Trinajstić information content (AvgIpc) is 3.18. The number of hydrogen-bond donors (Lipinski definition) is 1. The highest BCUT2D eigenvalue weighted by atomic mass is 19.1. The van der Waals surface area contributed by atoms with E-state index < -0.39 is 5.82 Å². The predicted octanol–water partition coefficient (Wildman–Crippen LogP) is 4.25. The highest BCUT2D eigenvalue weighted by Crippen LogP contribution is 2.27. The lowest BCUT2D eigenvalue weighted by atomic mass is 9.94. The molecule has 0 amide bonds. The second-order valence-corrected chi connectivity index (χ2v) is 7.85. The molecule has 2 aliphatic rings. The fourth-order valence-electron chi connectivity index (χ4n) is 3.87. The summed E-state index contributed by atoms with van der Waals surface area (Å²) in [5, 5.41) is 7.50. The molecular weight excluding hydrogens is 403 g/mol. The van der Waals surface area contributed by atoms with Crippen LogP contribution >= 0.6 is 0 Å². The Morgan fingerprint density at radius 3 is 2.69 bits per heavy atom. The first-order chi connectivity index (χ1) is 15.6. The van der Waals surface area contributed by atoms with E-state index in [9.17, 15) is 0 Å². The van der Waals surface area contributed by atoms with Crippen LogP contribution in [0.4, 0.5) is 10.2 Å². The molecule has 158 valence electrons. The Morgan fingerprint density at radius 1 is 1.03 bits per heavy atom. The second-order valence-electron chi connectivity index (χ2n) is 7.85. The number of fused-ring (bicyclic) bond motifs is 1. The van der Waals surface area contributed by atoms with Gasteiger partial charge in [-0.2, -0.15) is 0 Å². The monoisotopic (exact) mass is 425 g/mol. The number of rotatable bonds is 5. The van der Waals surface area contributed by atoms with Crippen molar-refractivity contribution in [1.82, 2.24) is 15.0 Å². The number of nitrogens with one attached hydrogen (secondary N) is 1. The Hall–Kier alpha value is -4.00. The molecule has 1 aromatic carbocycles. The van der Waals surface area contributed by atoms with E-state index in [-0.39, 0.29) is 17.4 Å². The van der Waals surface area contributed by atoms with Gasteiger partial charge in [0.2, 0.25) is 0 Å². The molecule has 0 spiro atoms. The maximum absolute atomic E-state index is 15.2. The standard InChI is InChI=1S/C25H22FN6/c1-16-11-19(9-10-27-16)18-5-3-17(4-6-18)13-28-25-23(26)24(29-15-30-25)20-7-8-22-21(12-20)14-32(2)31-22/h3-12,14-15,21H,13H2,1-2H3,(H,28,29,30)/q+1. The largest absolute Gasteiger partial charge is 0.363 e. The molecule has 1 aliphatic heterocycles. The van der Waals surface area contributed by atoms with Gasteiger partial charge in [0.1, 0.15) is 23.7 Å². The Balaban J connectivity index is 1.31. The van der Waals surface area contributed by atoms with Crippen molar-refractivity contribution < 1.29 is 9.07 Å². The van der Waals surface area contributed by atoms with Gasteiger partial charge in [-0.05, 0) is 46.9 Å². The number of pyridine rings is 1. The predicted molar refractivity (Wildman–Crippen MR) is 124 cm³/mol. The van der Waals surface area contributed by atoms with Crippen molar-refractivity contribution in [2.24, 2.45) is 11.0 Å². The zero-order valence-corrected chi connectivity index (χ0v) is 17.8. The summed E-state index contributed by atoms with van der Waals surface area (Å²) in [4.78, 5) is 12.5. The van der Waals surface area contributed by atoms with Crippen molar-refractivity contribution in [3.05, 3.63) is 89.9 Å². The fraction of sp³-hybridized carbons (Fsp3) is 0.160. The van der Waals surface area contributed by atoms with Crippen molar-refractivity contribution in [2.45, 2.75) is 13.5 Å². The molecule has 0 saturated heterocycles. The summed E-state index contributed by atoms with van der Waals surface area (Å²) in [6.45, 7) is 2.43. The molecule has 0 bridgehead atoms. The van der Waals surface area contributed by atoms with Gasteiger partial charge in [-0.3, -0.25) is 4.98 Å². The Kier molecular flexibility index (Phi) is 5.15. The summed E-state index contributed by atoms with van der Waals surface area (Å²) < 4.78 is 17.0. The van der Waals surface area contributed by atoms with Gasteiger partial charge in [0.25, 0.3) is 0 Å².